The van der Waals surface area contributed by atoms with Crippen LogP contribution in [0.15, 0.2) is 42.5 Å². The number of para-hydroxylation sites is 1. The lowest BCUT2D eigenvalue weighted by atomic mass is 10.1. The SMILES string of the molecule is O=C(c1cc(F)ccc1F)N1CCN(c2ccccc2F)CC1. The van der Waals surface area contributed by atoms with Crippen LogP contribution in [0.25, 0.3) is 0 Å². The Labute approximate surface area is 131 Å². The molecule has 3 nitrogen and oxygen atoms in total. The Hall–Kier alpha value is -2.50. The van der Waals surface area contributed by atoms with Crippen LogP contribution in [0.2, 0.25) is 0 Å². The fraction of sp³-hybridized carbons (Fsp3) is 0.235. The zero-order valence-electron chi connectivity index (χ0n) is 12.3. The van der Waals surface area contributed by atoms with Crippen molar-refractivity contribution in [1.82, 2.24) is 4.90 Å². The zero-order valence-corrected chi connectivity index (χ0v) is 12.3. The van der Waals surface area contributed by atoms with Crippen molar-refractivity contribution in [2.24, 2.45) is 0 Å². The van der Waals surface area contributed by atoms with Gasteiger partial charge in [0.2, 0.25) is 0 Å². The zero-order chi connectivity index (χ0) is 16.4. The Kier molecular flexibility index (Phi) is 4.23. The maximum atomic E-state index is 13.8. The van der Waals surface area contributed by atoms with Gasteiger partial charge < -0.3 is 9.80 Å². The van der Waals surface area contributed by atoms with Crippen molar-refractivity contribution in [1.29, 1.82) is 0 Å². The number of nitrogens with zero attached hydrogens (tertiary/aromatic N) is 2. The molecule has 0 unspecified atom stereocenters. The minimum atomic E-state index is -0.743. The number of hydrogen-bond donors (Lipinski definition) is 0. The number of benzene rings is 2. The van der Waals surface area contributed by atoms with Crippen molar-refractivity contribution in [2.75, 3.05) is 31.1 Å². The maximum absolute atomic E-state index is 13.8. The molecule has 0 spiro atoms. The highest BCUT2D eigenvalue weighted by molar-refractivity contribution is 5.94. The van der Waals surface area contributed by atoms with Gasteiger partial charge in [0.15, 0.2) is 0 Å². The largest absolute Gasteiger partial charge is 0.366 e. The van der Waals surface area contributed by atoms with Crippen molar-refractivity contribution >= 4 is 11.6 Å². The monoisotopic (exact) mass is 320 g/mol. The second-order valence-corrected chi connectivity index (χ2v) is 5.35. The number of carbonyl (C=O) groups excluding carboxylic acids is 1. The molecular weight excluding hydrogens is 305 g/mol. The number of halogens is 3. The fourth-order valence-corrected chi connectivity index (χ4v) is 2.69. The lowest BCUT2D eigenvalue weighted by molar-refractivity contribution is 0.0741. The first-order valence-electron chi connectivity index (χ1n) is 7.30. The van der Waals surface area contributed by atoms with E-state index in [1.54, 1.807) is 18.2 Å². The van der Waals surface area contributed by atoms with E-state index >= 15 is 0 Å². The molecule has 2 aromatic carbocycles. The average Bonchev–Trinajstić information content (AvgIpc) is 2.57. The summed E-state index contributed by atoms with van der Waals surface area (Å²) < 4.78 is 40.7. The van der Waals surface area contributed by atoms with Crippen molar-refractivity contribution < 1.29 is 18.0 Å². The summed E-state index contributed by atoms with van der Waals surface area (Å²) in [4.78, 5) is 15.6. The molecule has 120 valence electrons. The summed E-state index contributed by atoms with van der Waals surface area (Å²) >= 11 is 0. The molecule has 0 bridgehead atoms. The first-order valence-corrected chi connectivity index (χ1v) is 7.30. The molecular formula is C17H15F3N2O. The Bertz CT molecular complexity index is 728. The predicted molar refractivity (Wildman–Crippen MR) is 80.9 cm³/mol. The molecule has 0 radical (unpaired) electrons. The summed E-state index contributed by atoms with van der Waals surface area (Å²) in [7, 11) is 0. The van der Waals surface area contributed by atoms with E-state index in [-0.39, 0.29) is 11.4 Å². The average molecular weight is 320 g/mol. The molecule has 0 aromatic heterocycles. The number of carbonyl (C=O) groups is 1. The van der Waals surface area contributed by atoms with Crippen LogP contribution in [0.5, 0.6) is 0 Å². The summed E-state index contributed by atoms with van der Waals surface area (Å²) in [6.45, 7) is 1.51. The van der Waals surface area contributed by atoms with Gasteiger partial charge in [-0.3, -0.25) is 4.79 Å². The number of piperazine rings is 1. The van der Waals surface area contributed by atoms with E-state index in [0.717, 1.165) is 18.2 Å². The van der Waals surface area contributed by atoms with Crippen LogP contribution < -0.4 is 4.90 Å². The van der Waals surface area contributed by atoms with Gasteiger partial charge in [-0.2, -0.15) is 0 Å². The van der Waals surface area contributed by atoms with Crippen molar-refractivity contribution in [3.8, 4) is 0 Å². The van der Waals surface area contributed by atoms with Crippen molar-refractivity contribution in [3.05, 3.63) is 65.5 Å². The fourth-order valence-electron chi connectivity index (χ4n) is 2.69. The lowest BCUT2D eigenvalue weighted by Gasteiger charge is -2.36. The number of rotatable bonds is 2. The van der Waals surface area contributed by atoms with Gasteiger partial charge in [-0.1, -0.05) is 12.1 Å². The third-order valence-electron chi connectivity index (χ3n) is 3.92. The van der Waals surface area contributed by atoms with Crippen LogP contribution in [0.1, 0.15) is 10.4 Å². The third-order valence-corrected chi connectivity index (χ3v) is 3.92. The van der Waals surface area contributed by atoms with Crippen LogP contribution >= 0.6 is 0 Å². The van der Waals surface area contributed by atoms with Gasteiger partial charge in [0.1, 0.15) is 17.5 Å². The molecule has 6 heteroatoms. The quantitative estimate of drug-likeness (QED) is 0.849. The van der Waals surface area contributed by atoms with E-state index in [4.69, 9.17) is 0 Å². The Morgan fingerprint density at radius 3 is 2.26 bits per heavy atom. The molecule has 0 aliphatic carbocycles. The van der Waals surface area contributed by atoms with Gasteiger partial charge >= 0.3 is 0 Å². The highest BCUT2D eigenvalue weighted by Crippen LogP contribution is 2.21. The molecule has 1 heterocycles. The third kappa shape index (κ3) is 3.16. The lowest BCUT2D eigenvalue weighted by Crippen LogP contribution is -2.49. The molecule has 0 saturated carbocycles. The second kappa shape index (κ2) is 6.32. The van der Waals surface area contributed by atoms with Gasteiger partial charge in [0.05, 0.1) is 11.3 Å². The topological polar surface area (TPSA) is 23.6 Å². The van der Waals surface area contributed by atoms with Crippen molar-refractivity contribution in [2.45, 2.75) is 0 Å². The standard InChI is InChI=1S/C17H15F3N2O/c18-12-5-6-14(19)13(11-12)17(23)22-9-7-21(8-10-22)16-4-2-1-3-15(16)20/h1-6,11H,7-10H2. The molecule has 0 N–H and O–H groups in total. The van der Waals surface area contributed by atoms with Gasteiger partial charge in [-0.25, -0.2) is 13.2 Å². The van der Waals surface area contributed by atoms with Gasteiger partial charge in [0.25, 0.3) is 5.91 Å². The number of amides is 1. The maximum Gasteiger partial charge on any atom is 0.257 e. The van der Waals surface area contributed by atoms with Gasteiger partial charge in [0, 0.05) is 26.2 Å². The second-order valence-electron chi connectivity index (χ2n) is 5.35. The normalized spacial score (nSPS) is 14.9. The van der Waals surface area contributed by atoms with E-state index in [1.165, 1.54) is 11.0 Å². The van der Waals surface area contributed by atoms with E-state index < -0.39 is 17.5 Å². The molecule has 3 rings (SSSR count). The molecule has 1 aliphatic heterocycles. The Morgan fingerprint density at radius 2 is 1.57 bits per heavy atom. The molecule has 1 fully saturated rings. The molecule has 1 aliphatic rings. The number of anilines is 1. The Balaban J connectivity index is 1.70. The van der Waals surface area contributed by atoms with Crippen LogP contribution in [-0.4, -0.2) is 37.0 Å². The van der Waals surface area contributed by atoms with Gasteiger partial charge in [-0.05, 0) is 30.3 Å². The van der Waals surface area contributed by atoms with Crippen LogP contribution in [0.3, 0.4) is 0 Å². The molecule has 0 atom stereocenters. The van der Waals surface area contributed by atoms with Gasteiger partial charge in [-0.15, -0.1) is 0 Å². The van der Waals surface area contributed by atoms with E-state index in [0.29, 0.717) is 31.9 Å². The van der Waals surface area contributed by atoms with Crippen LogP contribution in [0, 0.1) is 17.5 Å². The summed E-state index contributed by atoms with van der Waals surface area (Å²) in [5, 5.41) is 0. The van der Waals surface area contributed by atoms with E-state index in [9.17, 15) is 18.0 Å². The molecule has 1 amide bonds. The predicted octanol–water partition coefficient (Wildman–Crippen LogP) is 3.07. The molecule has 1 saturated heterocycles. The summed E-state index contributed by atoms with van der Waals surface area (Å²) in [6, 6.07) is 9.25. The van der Waals surface area contributed by atoms with Crippen LogP contribution in [-0.2, 0) is 0 Å². The highest BCUT2D eigenvalue weighted by atomic mass is 19.1. The minimum absolute atomic E-state index is 0.274. The molecule has 23 heavy (non-hydrogen) atoms. The smallest absolute Gasteiger partial charge is 0.257 e. The van der Waals surface area contributed by atoms with Crippen molar-refractivity contribution in [3.63, 3.8) is 0 Å². The summed E-state index contributed by atoms with van der Waals surface area (Å²) in [5.74, 6) is -2.26. The highest BCUT2D eigenvalue weighted by Gasteiger charge is 2.25. The van der Waals surface area contributed by atoms with Crippen LogP contribution in [0.4, 0.5) is 18.9 Å². The summed E-state index contributed by atoms with van der Waals surface area (Å²) in [5.41, 5.74) is 0.209. The Morgan fingerprint density at radius 1 is 0.870 bits per heavy atom. The van der Waals surface area contributed by atoms with E-state index in [2.05, 4.69) is 0 Å². The first-order chi connectivity index (χ1) is 11.1. The number of hydrogen-bond acceptors (Lipinski definition) is 2. The minimum Gasteiger partial charge on any atom is -0.366 e. The molecule has 2 aromatic rings. The van der Waals surface area contributed by atoms with E-state index in [1.807, 2.05) is 4.90 Å². The first kappa shape index (κ1) is 15.4. The summed E-state index contributed by atoms with van der Waals surface area (Å²) in [6.07, 6.45) is 0.